The van der Waals surface area contributed by atoms with Crippen molar-refractivity contribution >= 4 is 22.9 Å². The van der Waals surface area contributed by atoms with Crippen molar-refractivity contribution < 1.29 is 0 Å². The highest BCUT2D eigenvalue weighted by Crippen LogP contribution is 2.28. The normalized spacial score (nSPS) is 12.7. The average molecular weight is 360 g/mol. The molecule has 27 heavy (non-hydrogen) atoms. The quantitative estimate of drug-likeness (QED) is 0.692. The number of nitrogen functional groups attached to an aromatic ring is 2. The van der Waals surface area contributed by atoms with Crippen LogP contribution < -0.4 is 11.5 Å². The van der Waals surface area contributed by atoms with Gasteiger partial charge in [-0.05, 0) is 23.0 Å². The predicted octanol–water partition coefficient (Wildman–Crippen LogP) is 3.23. The summed E-state index contributed by atoms with van der Waals surface area (Å²) in [5.41, 5.74) is 15.8. The maximum atomic E-state index is 5.92. The van der Waals surface area contributed by atoms with E-state index in [4.69, 9.17) is 17.9 Å². The second-order valence-corrected chi connectivity index (χ2v) is 7.68. The SMILES string of the molecule is C#CCC(Cc1cnc2nc(N)nc(N)c2n1)c1ccc(C(C)(C)C)cc1. The summed E-state index contributed by atoms with van der Waals surface area (Å²) in [6, 6.07) is 8.63. The third-order valence-electron chi connectivity index (χ3n) is 4.57. The van der Waals surface area contributed by atoms with Crippen LogP contribution in [-0.2, 0) is 11.8 Å². The third kappa shape index (κ3) is 4.14. The Morgan fingerprint density at radius 3 is 2.41 bits per heavy atom. The molecule has 3 rings (SSSR count). The van der Waals surface area contributed by atoms with Crippen molar-refractivity contribution in [1.82, 2.24) is 19.9 Å². The topological polar surface area (TPSA) is 104 Å². The molecule has 0 amide bonds. The Balaban J connectivity index is 1.90. The number of benzene rings is 1. The Kier molecular flexibility index (Phi) is 4.95. The molecule has 0 saturated carbocycles. The molecule has 0 bridgehead atoms. The van der Waals surface area contributed by atoms with E-state index in [1.807, 2.05) is 0 Å². The molecule has 2 heterocycles. The lowest BCUT2D eigenvalue weighted by atomic mass is 9.84. The van der Waals surface area contributed by atoms with Gasteiger partial charge in [0.1, 0.15) is 0 Å². The van der Waals surface area contributed by atoms with Crippen molar-refractivity contribution in [3.8, 4) is 12.3 Å². The number of nitrogens with zero attached hydrogens (tertiary/aromatic N) is 4. The van der Waals surface area contributed by atoms with Crippen molar-refractivity contribution in [1.29, 1.82) is 0 Å². The van der Waals surface area contributed by atoms with Crippen LogP contribution in [0.25, 0.3) is 11.2 Å². The Morgan fingerprint density at radius 1 is 1.07 bits per heavy atom. The largest absolute Gasteiger partial charge is 0.382 e. The minimum atomic E-state index is 0.0891. The lowest BCUT2D eigenvalue weighted by Gasteiger charge is -2.21. The number of fused-ring (bicyclic) bond motifs is 1. The van der Waals surface area contributed by atoms with E-state index in [0.29, 0.717) is 24.0 Å². The van der Waals surface area contributed by atoms with Gasteiger partial charge in [-0.1, -0.05) is 45.0 Å². The summed E-state index contributed by atoms with van der Waals surface area (Å²) in [4.78, 5) is 16.9. The zero-order valence-corrected chi connectivity index (χ0v) is 15.9. The van der Waals surface area contributed by atoms with Gasteiger partial charge in [-0.15, -0.1) is 12.3 Å². The van der Waals surface area contributed by atoms with Gasteiger partial charge >= 0.3 is 0 Å². The maximum absolute atomic E-state index is 5.92. The van der Waals surface area contributed by atoms with E-state index in [1.165, 1.54) is 11.1 Å². The Labute approximate surface area is 159 Å². The molecule has 2 aromatic heterocycles. The molecule has 0 saturated heterocycles. The van der Waals surface area contributed by atoms with Gasteiger partial charge in [-0.2, -0.15) is 9.97 Å². The van der Waals surface area contributed by atoms with E-state index in [9.17, 15) is 0 Å². The van der Waals surface area contributed by atoms with E-state index in [1.54, 1.807) is 6.20 Å². The Morgan fingerprint density at radius 2 is 1.78 bits per heavy atom. The third-order valence-corrected chi connectivity index (χ3v) is 4.57. The molecular weight excluding hydrogens is 336 g/mol. The minimum absolute atomic E-state index is 0.0891. The van der Waals surface area contributed by atoms with Gasteiger partial charge in [0.15, 0.2) is 17.0 Å². The molecule has 4 N–H and O–H groups in total. The summed E-state index contributed by atoms with van der Waals surface area (Å²) >= 11 is 0. The molecule has 3 aromatic rings. The molecule has 0 spiro atoms. The molecule has 0 radical (unpaired) electrons. The second kappa shape index (κ2) is 7.20. The van der Waals surface area contributed by atoms with Crippen molar-refractivity contribution in [2.24, 2.45) is 0 Å². The zero-order valence-electron chi connectivity index (χ0n) is 15.9. The van der Waals surface area contributed by atoms with Crippen LogP contribution in [-0.4, -0.2) is 19.9 Å². The summed E-state index contributed by atoms with van der Waals surface area (Å²) in [7, 11) is 0. The lowest BCUT2D eigenvalue weighted by molar-refractivity contribution is 0.589. The van der Waals surface area contributed by atoms with Crippen LogP contribution in [0.1, 0.15) is 49.9 Å². The molecule has 1 unspecified atom stereocenters. The fourth-order valence-corrected chi connectivity index (χ4v) is 3.04. The average Bonchev–Trinajstić information content (AvgIpc) is 2.61. The number of terminal acetylenes is 1. The number of aromatic nitrogens is 4. The number of anilines is 2. The molecule has 138 valence electrons. The van der Waals surface area contributed by atoms with Gasteiger partial charge < -0.3 is 11.5 Å². The first-order chi connectivity index (χ1) is 12.8. The van der Waals surface area contributed by atoms with Gasteiger partial charge in [-0.25, -0.2) is 9.97 Å². The molecule has 0 aliphatic carbocycles. The van der Waals surface area contributed by atoms with Crippen LogP contribution in [0.3, 0.4) is 0 Å². The number of rotatable bonds is 4. The van der Waals surface area contributed by atoms with Crippen molar-refractivity contribution in [2.45, 2.75) is 44.9 Å². The van der Waals surface area contributed by atoms with Crippen molar-refractivity contribution in [3.63, 3.8) is 0 Å². The van der Waals surface area contributed by atoms with Crippen LogP contribution in [0, 0.1) is 12.3 Å². The first kappa shape index (κ1) is 18.6. The first-order valence-corrected chi connectivity index (χ1v) is 8.86. The number of nitrogens with two attached hydrogens (primary N) is 2. The smallest absolute Gasteiger partial charge is 0.224 e. The van der Waals surface area contributed by atoms with Gasteiger partial charge in [0.25, 0.3) is 0 Å². The molecule has 6 nitrogen and oxygen atoms in total. The monoisotopic (exact) mass is 360 g/mol. The van der Waals surface area contributed by atoms with Crippen LogP contribution >= 0.6 is 0 Å². The first-order valence-electron chi connectivity index (χ1n) is 8.86. The Hall–Kier alpha value is -3.20. The number of hydrogen-bond acceptors (Lipinski definition) is 6. The fraction of sp³-hybridized carbons (Fsp3) is 0.333. The Bertz CT molecular complexity index is 996. The highest BCUT2D eigenvalue weighted by atomic mass is 15.1. The van der Waals surface area contributed by atoms with E-state index in [2.05, 4.69) is 70.9 Å². The molecule has 1 atom stereocenters. The minimum Gasteiger partial charge on any atom is -0.382 e. The highest BCUT2D eigenvalue weighted by molar-refractivity contribution is 5.81. The summed E-state index contributed by atoms with van der Waals surface area (Å²) < 4.78 is 0. The predicted molar refractivity (Wildman–Crippen MR) is 109 cm³/mol. The van der Waals surface area contributed by atoms with E-state index < -0.39 is 0 Å². The maximum Gasteiger partial charge on any atom is 0.224 e. The molecule has 0 fully saturated rings. The van der Waals surface area contributed by atoms with E-state index >= 15 is 0 Å². The molecule has 0 aliphatic rings. The standard InChI is InChI=1S/C21H24N6/c1-5-6-14(13-7-9-15(10-8-13)21(2,3)4)11-16-12-24-19-17(25-16)18(22)26-20(23)27-19/h1,7-10,12,14H,6,11H2,2-4H3,(H4,22,23,24,26,27). The van der Waals surface area contributed by atoms with Gasteiger partial charge in [0.05, 0.1) is 11.9 Å². The molecule has 6 heteroatoms. The molecule has 1 aromatic carbocycles. The summed E-state index contributed by atoms with van der Waals surface area (Å²) in [5, 5.41) is 0. The van der Waals surface area contributed by atoms with E-state index in [-0.39, 0.29) is 23.1 Å². The summed E-state index contributed by atoms with van der Waals surface area (Å²) in [6.07, 6.45) is 8.58. The van der Waals surface area contributed by atoms with Gasteiger partial charge in [0.2, 0.25) is 5.95 Å². The van der Waals surface area contributed by atoms with Crippen LogP contribution in [0.15, 0.2) is 30.5 Å². The summed E-state index contributed by atoms with van der Waals surface area (Å²) in [6.45, 7) is 6.60. The molecule has 0 aliphatic heterocycles. The van der Waals surface area contributed by atoms with Crippen LogP contribution in [0.5, 0.6) is 0 Å². The van der Waals surface area contributed by atoms with Gasteiger partial charge in [0, 0.05) is 12.3 Å². The fourth-order valence-electron chi connectivity index (χ4n) is 3.04. The highest BCUT2D eigenvalue weighted by Gasteiger charge is 2.17. The van der Waals surface area contributed by atoms with Crippen molar-refractivity contribution in [3.05, 3.63) is 47.3 Å². The van der Waals surface area contributed by atoms with Crippen LogP contribution in [0.2, 0.25) is 0 Å². The van der Waals surface area contributed by atoms with Gasteiger partial charge in [-0.3, -0.25) is 0 Å². The molecular formula is C21H24N6. The summed E-state index contributed by atoms with van der Waals surface area (Å²) in [5.74, 6) is 3.24. The van der Waals surface area contributed by atoms with Crippen molar-refractivity contribution in [2.75, 3.05) is 11.5 Å². The van der Waals surface area contributed by atoms with E-state index in [0.717, 1.165) is 5.69 Å². The number of hydrogen-bond donors (Lipinski definition) is 2. The van der Waals surface area contributed by atoms with Crippen LogP contribution in [0.4, 0.5) is 11.8 Å². The second-order valence-electron chi connectivity index (χ2n) is 7.68. The lowest BCUT2D eigenvalue weighted by Crippen LogP contribution is -2.11. The zero-order chi connectivity index (χ0) is 19.6.